The molecule has 22 heavy (non-hydrogen) atoms. The Morgan fingerprint density at radius 3 is 2.82 bits per heavy atom. The third kappa shape index (κ3) is 3.36. The van der Waals surface area contributed by atoms with Crippen molar-refractivity contribution >= 4 is 0 Å². The summed E-state index contributed by atoms with van der Waals surface area (Å²) < 4.78 is 11.3. The molecule has 1 unspecified atom stereocenters. The first kappa shape index (κ1) is 15.2. The summed E-state index contributed by atoms with van der Waals surface area (Å²) in [4.78, 5) is 2.40. The number of aromatic nitrogens is 2. The highest BCUT2D eigenvalue weighted by molar-refractivity contribution is 5.29. The Labute approximate surface area is 131 Å². The van der Waals surface area contributed by atoms with Gasteiger partial charge in [-0.15, -0.1) is 10.2 Å². The first-order chi connectivity index (χ1) is 10.6. The topological polar surface area (TPSA) is 51.4 Å². The second kappa shape index (κ2) is 6.58. The number of hydrogen-bond acceptors (Lipinski definition) is 5. The Balaban J connectivity index is 1.71. The average molecular weight is 301 g/mol. The molecule has 1 fully saturated rings. The minimum Gasteiger partial charge on any atom is -0.423 e. The smallest absolute Gasteiger partial charge is 0.246 e. The maximum atomic E-state index is 5.79. The Kier molecular flexibility index (Phi) is 4.55. The van der Waals surface area contributed by atoms with Crippen LogP contribution in [0, 0.1) is 6.92 Å². The Morgan fingerprint density at radius 2 is 2.09 bits per heavy atom. The van der Waals surface area contributed by atoms with Gasteiger partial charge in [-0.1, -0.05) is 38.1 Å². The molecule has 0 N–H and O–H groups in total. The molecule has 2 heterocycles. The van der Waals surface area contributed by atoms with Crippen LogP contribution in [0.5, 0.6) is 0 Å². The number of aryl methyl sites for hydroxylation is 1. The van der Waals surface area contributed by atoms with E-state index in [1.54, 1.807) is 6.92 Å². The number of hydrogen-bond donors (Lipinski definition) is 0. The summed E-state index contributed by atoms with van der Waals surface area (Å²) in [6.07, 6.45) is -0.124. The molecular formula is C17H23N3O2. The monoisotopic (exact) mass is 301 g/mol. The molecule has 3 rings (SSSR count). The van der Waals surface area contributed by atoms with E-state index in [2.05, 4.69) is 53.2 Å². The van der Waals surface area contributed by atoms with Crippen molar-refractivity contribution in [2.45, 2.75) is 39.3 Å². The molecule has 0 spiro atoms. The Morgan fingerprint density at radius 1 is 1.27 bits per heavy atom. The van der Waals surface area contributed by atoms with Gasteiger partial charge in [-0.05, 0) is 17.0 Å². The van der Waals surface area contributed by atoms with Gasteiger partial charge in [-0.3, -0.25) is 4.90 Å². The van der Waals surface area contributed by atoms with E-state index in [0.29, 0.717) is 24.3 Å². The predicted molar refractivity (Wildman–Crippen MR) is 83.5 cm³/mol. The van der Waals surface area contributed by atoms with Crippen molar-refractivity contribution in [2.75, 3.05) is 19.7 Å². The van der Waals surface area contributed by atoms with E-state index in [-0.39, 0.29) is 6.10 Å². The van der Waals surface area contributed by atoms with Gasteiger partial charge in [0.1, 0.15) is 6.10 Å². The van der Waals surface area contributed by atoms with Gasteiger partial charge in [0.25, 0.3) is 0 Å². The lowest BCUT2D eigenvalue weighted by Gasteiger charge is -2.32. The zero-order valence-electron chi connectivity index (χ0n) is 13.5. The third-order valence-electron chi connectivity index (χ3n) is 4.04. The number of morpholine rings is 1. The summed E-state index contributed by atoms with van der Waals surface area (Å²) in [6, 6.07) is 8.67. The molecular weight excluding hydrogens is 278 g/mol. The van der Waals surface area contributed by atoms with E-state index in [0.717, 1.165) is 19.6 Å². The van der Waals surface area contributed by atoms with Crippen molar-refractivity contribution < 1.29 is 9.15 Å². The second-order valence-electron chi connectivity index (χ2n) is 6.11. The highest BCUT2D eigenvalue weighted by atomic mass is 16.5. The van der Waals surface area contributed by atoms with Crippen LogP contribution in [-0.2, 0) is 11.3 Å². The maximum Gasteiger partial charge on any atom is 0.246 e. The lowest BCUT2D eigenvalue weighted by atomic mass is 9.97. The van der Waals surface area contributed by atoms with Crippen LogP contribution in [0.15, 0.2) is 28.7 Å². The summed E-state index contributed by atoms with van der Waals surface area (Å²) in [7, 11) is 0. The largest absolute Gasteiger partial charge is 0.423 e. The fourth-order valence-corrected chi connectivity index (χ4v) is 2.92. The molecule has 2 aromatic rings. The normalized spacial score (nSPS) is 19.7. The number of nitrogens with zero attached hydrogens (tertiary/aromatic N) is 3. The van der Waals surface area contributed by atoms with Crippen LogP contribution >= 0.6 is 0 Å². The SMILES string of the molecule is Cc1nnc(C2CN(Cc3ccccc3C(C)C)CCO2)o1. The molecule has 1 aliphatic rings. The highest BCUT2D eigenvalue weighted by Crippen LogP contribution is 2.25. The number of rotatable bonds is 4. The van der Waals surface area contributed by atoms with Crippen molar-refractivity contribution in [2.24, 2.45) is 0 Å². The van der Waals surface area contributed by atoms with Crippen LogP contribution in [-0.4, -0.2) is 34.8 Å². The van der Waals surface area contributed by atoms with E-state index >= 15 is 0 Å². The Hall–Kier alpha value is -1.72. The van der Waals surface area contributed by atoms with Crippen LogP contribution in [0.2, 0.25) is 0 Å². The van der Waals surface area contributed by atoms with Crippen molar-refractivity contribution in [1.82, 2.24) is 15.1 Å². The lowest BCUT2D eigenvalue weighted by molar-refractivity contribution is -0.0457. The first-order valence-corrected chi connectivity index (χ1v) is 7.85. The minimum atomic E-state index is -0.124. The molecule has 1 saturated heterocycles. The number of benzene rings is 1. The van der Waals surface area contributed by atoms with Crippen LogP contribution in [0.3, 0.4) is 0 Å². The van der Waals surface area contributed by atoms with Gasteiger partial charge in [-0.2, -0.15) is 0 Å². The zero-order valence-corrected chi connectivity index (χ0v) is 13.5. The standard InChI is InChI=1S/C17H23N3O2/c1-12(2)15-7-5-4-6-14(15)10-20-8-9-21-16(11-20)17-19-18-13(3)22-17/h4-7,12,16H,8-11H2,1-3H3. The fourth-order valence-electron chi connectivity index (χ4n) is 2.92. The van der Waals surface area contributed by atoms with E-state index in [4.69, 9.17) is 9.15 Å². The molecule has 1 aliphatic heterocycles. The molecule has 1 atom stereocenters. The van der Waals surface area contributed by atoms with Crippen molar-refractivity contribution in [3.8, 4) is 0 Å². The van der Waals surface area contributed by atoms with Gasteiger partial charge in [0.2, 0.25) is 11.8 Å². The van der Waals surface area contributed by atoms with Crippen molar-refractivity contribution in [1.29, 1.82) is 0 Å². The summed E-state index contributed by atoms with van der Waals surface area (Å²) in [5, 5.41) is 7.98. The van der Waals surface area contributed by atoms with E-state index < -0.39 is 0 Å². The van der Waals surface area contributed by atoms with Crippen molar-refractivity contribution in [3.05, 3.63) is 47.2 Å². The molecule has 1 aromatic heterocycles. The van der Waals surface area contributed by atoms with Gasteiger partial charge in [-0.25, -0.2) is 0 Å². The van der Waals surface area contributed by atoms with Crippen LogP contribution in [0.4, 0.5) is 0 Å². The van der Waals surface area contributed by atoms with Gasteiger partial charge in [0.05, 0.1) is 6.61 Å². The quantitative estimate of drug-likeness (QED) is 0.868. The molecule has 1 aromatic carbocycles. The lowest BCUT2D eigenvalue weighted by Crippen LogP contribution is -2.38. The average Bonchev–Trinajstić information content (AvgIpc) is 2.94. The molecule has 0 aliphatic carbocycles. The predicted octanol–water partition coefficient (Wildman–Crippen LogP) is 3.07. The molecule has 0 saturated carbocycles. The third-order valence-corrected chi connectivity index (χ3v) is 4.04. The molecule has 5 heteroatoms. The van der Waals surface area contributed by atoms with Gasteiger partial charge in [0, 0.05) is 26.6 Å². The van der Waals surface area contributed by atoms with Crippen LogP contribution in [0.25, 0.3) is 0 Å². The summed E-state index contributed by atoms with van der Waals surface area (Å²) in [5.41, 5.74) is 2.80. The summed E-state index contributed by atoms with van der Waals surface area (Å²) in [6.45, 7) is 9.61. The van der Waals surface area contributed by atoms with E-state index in [1.165, 1.54) is 11.1 Å². The minimum absolute atomic E-state index is 0.124. The summed E-state index contributed by atoms with van der Waals surface area (Å²) in [5.74, 6) is 1.70. The van der Waals surface area contributed by atoms with E-state index in [9.17, 15) is 0 Å². The molecule has 0 amide bonds. The van der Waals surface area contributed by atoms with E-state index in [1.807, 2.05) is 0 Å². The first-order valence-electron chi connectivity index (χ1n) is 7.85. The molecule has 118 valence electrons. The molecule has 0 bridgehead atoms. The highest BCUT2D eigenvalue weighted by Gasteiger charge is 2.26. The van der Waals surface area contributed by atoms with Gasteiger partial charge in [0.15, 0.2) is 0 Å². The van der Waals surface area contributed by atoms with Crippen LogP contribution < -0.4 is 0 Å². The zero-order chi connectivity index (χ0) is 15.5. The number of ether oxygens (including phenoxy) is 1. The Bertz CT molecular complexity index is 624. The van der Waals surface area contributed by atoms with Gasteiger partial charge >= 0.3 is 0 Å². The van der Waals surface area contributed by atoms with Crippen molar-refractivity contribution in [3.63, 3.8) is 0 Å². The second-order valence-corrected chi connectivity index (χ2v) is 6.11. The maximum absolute atomic E-state index is 5.79. The molecule has 5 nitrogen and oxygen atoms in total. The molecule has 0 radical (unpaired) electrons. The van der Waals surface area contributed by atoms with Crippen LogP contribution in [0.1, 0.15) is 48.8 Å². The fraction of sp³-hybridized carbons (Fsp3) is 0.529. The van der Waals surface area contributed by atoms with Gasteiger partial charge < -0.3 is 9.15 Å². The summed E-state index contributed by atoms with van der Waals surface area (Å²) >= 11 is 0.